The maximum Gasteiger partial charge on any atom is 0.146 e. The highest BCUT2D eigenvalue weighted by molar-refractivity contribution is 4.53. The monoisotopic (exact) mass is 118 g/mol. The highest BCUT2D eigenvalue weighted by Gasteiger charge is 2.07. The van der Waals surface area contributed by atoms with E-state index < -0.39 is 0 Å². The summed E-state index contributed by atoms with van der Waals surface area (Å²) in [6.45, 7) is 1.36. The minimum Gasteiger partial charge on any atom is -0.391 e. The quantitative estimate of drug-likeness (QED) is 0.476. The number of hydrogen-bond donors (Lipinski definition) is 1. The Morgan fingerprint density at radius 3 is 3.12 bits per heavy atom. The molecule has 0 unspecified atom stereocenters. The molecule has 0 amide bonds. The molecule has 48 valence electrons. The molecular weight excluding hydrogens is 108 g/mol. The molecule has 1 saturated heterocycles. The zero-order valence-electron chi connectivity index (χ0n) is 4.67. The molecule has 0 bridgehead atoms. The van der Waals surface area contributed by atoms with Crippen LogP contribution in [0, 0.1) is 0 Å². The molecule has 0 aromatic rings. The Hall–Kier alpha value is -0.120. The Labute approximate surface area is 48.2 Å². The molecule has 1 aliphatic rings. The highest BCUT2D eigenvalue weighted by Crippen LogP contribution is 1.98. The van der Waals surface area contributed by atoms with Gasteiger partial charge in [-0.25, -0.2) is 0 Å². The van der Waals surface area contributed by atoms with E-state index in [1.54, 1.807) is 0 Å². The van der Waals surface area contributed by atoms with E-state index in [-0.39, 0.29) is 6.10 Å². The second-order valence-corrected chi connectivity index (χ2v) is 1.84. The molecule has 1 atom stereocenters. The highest BCUT2D eigenvalue weighted by atomic mass is 16.7. The summed E-state index contributed by atoms with van der Waals surface area (Å²) in [5.41, 5.74) is 0. The number of aliphatic hydroxyl groups excluding tert-OH is 1. The van der Waals surface area contributed by atoms with Gasteiger partial charge in [0.1, 0.15) is 6.79 Å². The van der Waals surface area contributed by atoms with Gasteiger partial charge in [0.2, 0.25) is 0 Å². The molecule has 1 aliphatic heterocycles. The second-order valence-electron chi connectivity index (χ2n) is 1.84. The van der Waals surface area contributed by atoms with Gasteiger partial charge in [-0.1, -0.05) is 0 Å². The average Bonchev–Trinajstić information content (AvgIpc) is 1.94. The lowest BCUT2D eigenvalue weighted by Crippen LogP contribution is -2.12. The van der Waals surface area contributed by atoms with Crippen molar-refractivity contribution in [2.75, 3.05) is 20.0 Å². The van der Waals surface area contributed by atoms with Crippen LogP contribution in [0.15, 0.2) is 0 Å². The summed E-state index contributed by atoms with van der Waals surface area (Å²) < 4.78 is 9.72. The molecule has 1 fully saturated rings. The van der Waals surface area contributed by atoms with Crippen molar-refractivity contribution in [3.8, 4) is 0 Å². The lowest BCUT2D eigenvalue weighted by Gasteiger charge is -2.00. The molecule has 0 aromatic carbocycles. The van der Waals surface area contributed by atoms with Crippen LogP contribution in [0.25, 0.3) is 0 Å². The van der Waals surface area contributed by atoms with Gasteiger partial charge < -0.3 is 14.6 Å². The molecule has 1 rings (SSSR count). The third kappa shape index (κ3) is 1.78. The van der Waals surface area contributed by atoms with E-state index in [0.717, 1.165) is 0 Å². The van der Waals surface area contributed by atoms with Gasteiger partial charge in [0.05, 0.1) is 19.3 Å². The first-order valence-electron chi connectivity index (χ1n) is 2.73. The molecule has 1 N–H and O–H groups in total. The van der Waals surface area contributed by atoms with Crippen LogP contribution in [0.5, 0.6) is 0 Å². The van der Waals surface area contributed by atoms with Gasteiger partial charge >= 0.3 is 0 Å². The van der Waals surface area contributed by atoms with Crippen molar-refractivity contribution in [2.45, 2.75) is 12.5 Å². The summed E-state index contributed by atoms with van der Waals surface area (Å²) in [7, 11) is 0. The molecule has 0 spiro atoms. The van der Waals surface area contributed by atoms with Crippen molar-refractivity contribution in [3.05, 3.63) is 0 Å². The predicted octanol–water partition coefficient (Wildman–Crippen LogP) is -0.258. The fraction of sp³-hybridized carbons (Fsp3) is 1.00. The van der Waals surface area contributed by atoms with Crippen LogP contribution >= 0.6 is 0 Å². The van der Waals surface area contributed by atoms with Crippen molar-refractivity contribution in [2.24, 2.45) is 0 Å². The summed E-state index contributed by atoms with van der Waals surface area (Å²) in [4.78, 5) is 0. The van der Waals surface area contributed by atoms with E-state index in [9.17, 15) is 0 Å². The summed E-state index contributed by atoms with van der Waals surface area (Å²) in [5, 5.41) is 8.88. The third-order valence-electron chi connectivity index (χ3n) is 1.07. The van der Waals surface area contributed by atoms with Crippen LogP contribution in [0.3, 0.4) is 0 Å². The standard InChI is InChI=1S/C5H10O3/c6-5-1-2-7-4-8-3-5/h5-6H,1-4H2/t5-/m0/s1. The molecule has 3 nitrogen and oxygen atoms in total. The zero-order valence-corrected chi connectivity index (χ0v) is 4.67. The van der Waals surface area contributed by atoms with Crippen molar-refractivity contribution in [1.82, 2.24) is 0 Å². The second kappa shape index (κ2) is 3.02. The minimum atomic E-state index is -0.322. The van der Waals surface area contributed by atoms with Crippen molar-refractivity contribution < 1.29 is 14.6 Å². The Bertz CT molecular complexity index is 56.7. The van der Waals surface area contributed by atoms with Crippen molar-refractivity contribution in [3.63, 3.8) is 0 Å². The van der Waals surface area contributed by atoms with Gasteiger partial charge in [-0.05, 0) is 6.42 Å². The van der Waals surface area contributed by atoms with Gasteiger partial charge in [-0.2, -0.15) is 0 Å². The number of ether oxygens (including phenoxy) is 2. The Balaban J connectivity index is 2.17. The summed E-state index contributed by atoms with van der Waals surface area (Å²) in [6.07, 6.45) is 0.373. The van der Waals surface area contributed by atoms with Crippen LogP contribution in [0.4, 0.5) is 0 Å². The largest absolute Gasteiger partial charge is 0.391 e. The third-order valence-corrected chi connectivity index (χ3v) is 1.07. The molecule has 0 aliphatic carbocycles. The van der Waals surface area contributed by atoms with E-state index in [1.165, 1.54) is 0 Å². The first-order valence-corrected chi connectivity index (χ1v) is 2.73. The van der Waals surface area contributed by atoms with Crippen LogP contribution in [0.1, 0.15) is 6.42 Å². The Morgan fingerprint density at radius 2 is 2.25 bits per heavy atom. The van der Waals surface area contributed by atoms with E-state index in [1.807, 2.05) is 0 Å². The molecule has 3 heteroatoms. The minimum absolute atomic E-state index is 0.322. The maximum atomic E-state index is 8.88. The fourth-order valence-electron chi connectivity index (χ4n) is 0.605. The van der Waals surface area contributed by atoms with Crippen LogP contribution in [-0.4, -0.2) is 31.2 Å². The van der Waals surface area contributed by atoms with Crippen molar-refractivity contribution in [1.29, 1.82) is 0 Å². The fourth-order valence-corrected chi connectivity index (χ4v) is 0.605. The summed E-state index contributed by atoms with van der Waals surface area (Å²) in [5.74, 6) is 0. The van der Waals surface area contributed by atoms with Gasteiger partial charge in [0, 0.05) is 0 Å². The summed E-state index contributed by atoms with van der Waals surface area (Å²) >= 11 is 0. The lowest BCUT2D eigenvalue weighted by molar-refractivity contribution is -0.0420. The van der Waals surface area contributed by atoms with E-state index in [4.69, 9.17) is 14.6 Å². The van der Waals surface area contributed by atoms with Crippen LogP contribution < -0.4 is 0 Å². The lowest BCUT2D eigenvalue weighted by atomic mass is 10.3. The number of aliphatic hydroxyl groups is 1. The number of rotatable bonds is 0. The molecular formula is C5H10O3. The summed E-state index contributed by atoms with van der Waals surface area (Å²) in [6, 6.07) is 0. The molecule has 0 radical (unpaired) electrons. The van der Waals surface area contributed by atoms with Gasteiger partial charge in [-0.3, -0.25) is 0 Å². The molecule has 1 heterocycles. The van der Waals surface area contributed by atoms with Crippen LogP contribution in [-0.2, 0) is 9.47 Å². The van der Waals surface area contributed by atoms with Gasteiger partial charge in [-0.15, -0.1) is 0 Å². The molecule has 0 aromatic heterocycles. The first-order chi connectivity index (χ1) is 3.89. The first kappa shape index (κ1) is 6.01. The van der Waals surface area contributed by atoms with E-state index >= 15 is 0 Å². The van der Waals surface area contributed by atoms with E-state index in [2.05, 4.69) is 0 Å². The maximum absolute atomic E-state index is 8.88. The Kier molecular flexibility index (Phi) is 2.27. The van der Waals surface area contributed by atoms with E-state index in [0.29, 0.717) is 26.4 Å². The molecule has 8 heavy (non-hydrogen) atoms. The normalized spacial score (nSPS) is 31.9. The zero-order chi connectivity index (χ0) is 5.82. The van der Waals surface area contributed by atoms with Gasteiger partial charge in [0.15, 0.2) is 0 Å². The smallest absolute Gasteiger partial charge is 0.146 e. The number of hydrogen-bond acceptors (Lipinski definition) is 3. The topological polar surface area (TPSA) is 38.7 Å². The Morgan fingerprint density at radius 1 is 1.38 bits per heavy atom. The SMILES string of the molecule is O[C@H]1CCOCOC1. The van der Waals surface area contributed by atoms with Gasteiger partial charge in [0.25, 0.3) is 0 Å². The van der Waals surface area contributed by atoms with Crippen LogP contribution in [0.2, 0.25) is 0 Å². The predicted molar refractivity (Wildman–Crippen MR) is 27.4 cm³/mol. The van der Waals surface area contributed by atoms with Crippen molar-refractivity contribution >= 4 is 0 Å². The molecule has 0 saturated carbocycles. The average molecular weight is 118 g/mol.